The molecule has 3 heteroatoms. The van der Waals surface area contributed by atoms with Gasteiger partial charge in [-0.25, -0.2) is 0 Å². The van der Waals surface area contributed by atoms with Gasteiger partial charge in [0.05, 0.1) is 6.54 Å². The van der Waals surface area contributed by atoms with Gasteiger partial charge in [0.25, 0.3) is 0 Å². The Hall–Kier alpha value is -0.570. The molecule has 0 radical (unpaired) electrons. The van der Waals surface area contributed by atoms with Crippen LogP contribution in [0.2, 0.25) is 0 Å². The van der Waals surface area contributed by atoms with Crippen molar-refractivity contribution in [1.29, 1.82) is 0 Å². The van der Waals surface area contributed by atoms with Crippen LogP contribution in [0.4, 0.5) is 0 Å². The largest absolute Gasteiger partial charge is 0.480 e. The highest BCUT2D eigenvalue weighted by Crippen LogP contribution is 2.30. The Morgan fingerprint density at radius 1 is 1.35 bits per heavy atom. The molecule has 1 rings (SSSR count). The number of aliphatic carboxylic acids is 1. The van der Waals surface area contributed by atoms with E-state index in [2.05, 4.69) is 18.7 Å². The first-order valence-corrected chi connectivity index (χ1v) is 7.06. The molecule has 1 fully saturated rings. The molecule has 1 N–H and O–H groups in total. The van der Waals surface area contributed by atoms with Crippen LogP contribution in [-0.4, -0.2) is 35.6 Å². The summed E-state index contributed by atoms with van der Waals surface area (Å²) >= 11 is 0. The van der Waals surface area contributed by atoms with Gasteiger partial charge in [-0.05, 0) is 44.2 Å². The molecular weight excluding hydrogens is 214 g/mol. The Balaban J connectivity index is 2.27. The predicted octanol–water partition coefficient (Wildman–Crippen LogP) is 3.00. The third kappa shape index (κ3) is 6.06. The Morgan fingerprint density at radius 3 is 2.71 bits per heavy atom. The van der Waals surface area contributed by atoms with Crippen LogP contribution in [0.3, 0.4) is 0 Å². The van der Waals surface area contributed by atoms with Crippen molar-refractivity contribution in [3.05, 3.63) is 0 Å². The SMILES string of the molecule is CCCN(CCC1CCCC(C)C1)CC(=O)O. The van der Waals surface area contributed by atoms with Crippen LogP contribution in [0.25, 0.3) is 0 Å². The average molecular weight is 241 g/mol. The number of hydrogen-bond acceptors (Lipinski definition) is 2. The maximum absolute atomic E-state index is 10.7. The van der Waals surface area contributed by atoms with E-state index in [0.29, 0.717) is 0 Å². The quantitative estimate of drug-likeness (QED) is 0.745. The van der Waals surface area contributed by atoms with Gasteiger partial charge in [0.15, 0.2) is 0 Å². The molecule has 0 aliphatic heterocycles. The first-order chi connectivity index (χ1) is 8.11. The number of hydrogen-bond donors (Lipinski definition) is 1. The van der Waals surface area contributed by atoms with E-state index in [0.717, 1.165) is 31.3 Å². The molecule has 100 valence electrons. The van der Waals surface area contributed by atoms with Crippen molar-refractivity contribution >= 4 is 5.97 Å². The summed E-state index contributed by atoms with van der Waals surface area (Å²) in [7, 11) is 0. The number of nitrogens with zero attached hydrogens (tertiary/aromatic N) is 1. The van der Waals surface area contributed by atoms with Gasteiger partial charge in [-0.2, -0.15) is 0 Å². The van der Waals surface area contributed by atoms with E-state index in [4.69, 9.17) is 5.11 Å². The molecule has 0 saturated heterocycles. The third-order valence-corrected chi connectivity index (χ3v) is 3.80. The van der Waals surface area contributed by atoms with Gasteiger partial charge < -0.3 is 5.11 Å². The van der Waals surface area contributed by atoms with Crippen molar-refractivity contribution in [3.63, 3.8) is 0 Å². The lowest BCUT2D eigenvalue weighted by molar-refractivity contribution is -0.138. The standard InChI is InChI=1S/C14H27NO2/c1-3-8-15(11-14(16)17)9-7-13-6-4-5-12(2)10-13/h12-13H,3-11H2,1-2H3,(H,16,17). The Morgan fingerprint density at radius 2 is 2.12 bits per heavy atom. The average Bonchev–Trinajstić information content (AvgIpc) is 2.26. The van der Waals surface area contributed by atoms with Crippen LogP contribution in [0.15, 0.2) is 0 Å². The van der Waals surface area contributed by atoms with Crippen molar-refractivity contribution in [2.75, 3.05) is 19.6 Å². The normalized spacial score (nSPS) is 25.1. The molecule has 0 amide bonds. The topological polar surface area (TPSA) is 40.5 Å². The fourth-order valence-electron chi connectivity index (χ4n) is 2.96. The lowest BCUT2D eigenvalue weighted by atomic mass is 9.81. The van der Waals surface area contributed by atoms with Crippen molar-refractivity contribution in [1.82, 2.24) is 4.90 Å². The van der Waals surface area contributed by atoms with E-state index in [-0.39, 0.29) is 6.54 Å². The molecule has 0 spiro atoms. The molecule has 0 heterocycles. The molecule has 0 aromatic rings. The van der Waals surface area contributed by atoms with Gasteiger partial charge in [-0.1, -0.05) is 33.1 Å². The zero-order valence-corrected chi connectivity index (χ0v) is 11.3. The summed E-state index contributed by atoms with van der Waals surface area (Å²) in [5.41, 5.74) is 0. The summed E-state index contributed by atoms with van der Waals surface area (Å²) in [6.45, 7) is 6.52. The molecule has 2 unspecified atom stereocenters. The minimum atomic E-state index is -0.699. The van der Waals surface area contributed by atoms with Gasteiger partial charge in [-0.3, -0.25) is 9.69 Å². The maximum atomic E-state index is 10.7. The van der Waals surface area contributed by atoms with E-state index < -0.39 is 5.97 Å². The number of carboxylic acids is 1. The molecule has 1 aliphatic rings. The fraction of sp³-hybridized carbons (Fsp3) is 0.929. The van der Waals surface area contributed by atoms with Crippen molar-refractivity contribution in [3.8, 4) is 0 Å². The zero-order valence-electron chi connectivity index (χ0n) is 11.3. The molecular formula is C14H27NO2. The van der Waals surface area contributed by atoms with Crippen LogP contribution >= 0.6 is 0 Å². The fourth-order valence-corrected chi connectivity index (χ4v) is 2.96. The van der Waals surface area contributed by atoms with E-state index in [1.54, 1.807) is 0 Å². The molecule has 3 nitrogen and oxygen atoms in total. The molecule has 0 bridgehead atoms. The molecule has 0 aromatic heterocycles. The van der Waals surface area contributed by atoms with Crippen LogP contribution in [-0.2, 0) is 4.79 Å². The van der Waals surface area contributed by atoms with E-state index in [9.17, 15) is 4.79 Å². The molecule has 1 aliphatic carbocycles. The van der Waals surface area contributed by atoms with Gasteiger partial charge >= 0.3 is 5.97 Å². The van der Waals surface area contributed by atoms with Gasteiger partial charge in [0.1, 0.15) is 0 Å². The lowest BCUT2D eigenvalue weighted by Crippen LogP contribution is -2.32. The van der Waals surface area contributed by atoms with E-state index in [1.165, 1.54) is 32.1 Å². The van der Waals surface area contributed by atoms with Crippen molar-refractivity contribution < 1.29 is 9.90 Å². The minimum absolute atomic E-state index is 0.204. The summed E-state index contributed by atoms with van der Waals surface area (Å²) in [5, 5.41) is 8.85. The smallest absolute Gasteiger partial charge is 0.317 e. The second-order valence-electron chi connectivity index (χ2n) is 5.60. The third-order valence-electron chi connectivity index (χ3n) is 3.80. The molecule has 17 heavy (non-hydrogen) atoms. The zero-order chi connectivity index (χ0) is 12.7. The van der Waals surface area contributed by atoms with Gasteiger partial charge in [-0.15, -0.1) is 0 Å². The van der Waals surface area contributed by atoms with Crippen LogP contribution < -0.4 is 0 Å². The number of carbonyl (C=O) groups is 1. The number of carboxylic acid groups (broad SMARTS) is 1. The monoisotopic (exact) mass is 241 g/mol. The molecule has 2 atom stereocenters. The predicted molar refractivity (Wildman–Crippen MR) is 70.1 cm³/mol. The van der Waals surface area contributed by atoms with Gasteiger partial charge in [0, 0.05) is 0 Å². The van der Waals surface area contributed by atoms with Crippen molar-refractivity contribution in [2.45, 2.75) is 52.4 Å². The highest BCUT2D eigenvalue weighted by Gasteiger charge is 2.19. The highest BCUT2D eigenvalue weighted by molar-refractivity contribution is 5.69. The van der Waals surface area contributed by atoms with E-state index >= 15 is 0 Å². The minimum Gasteiger partial charge on any atom is -0.480 e. The Bertz CT molecular complexity index is 230. The number of rotatable bonds is 7. The second kappa shape index (κ2) is 7.70. The first-order valence-electron chi connectivity index (χ1n) is 7.06. The maximum Gasteiger partial charge on any atom is 0.317 e. The molecule has 1 saturated carbocycles. The summed E-state index contributed by atoms with van der Waals surface area (Å²) in [6, 6.07) is 0. The van der Waals surface area contributed by atoms with Gasteiger partial charge in [0.2, 0.25) is 0 Å². The molecule has 0 aromatic carbocycles. The Labute approximate surface area is 105 Å². The van der Waals surface area contributed by atoms with E-state index in [1.807, 2.05) is 0 Å². The van der Waals surface area contributed by atoms with Crippen LogP contribution in [0, 0.1) is 11.8 Å². The van der Waals surface area contributed by atoms with Crippen molar-refractivity contribution in [2.24, 2.45) is 11.8 Å². The second-order valence-corrected chi connectivity index (χ2v) is 5.60. The summed E-state index contributed by atoms with van der Waals surface area (Å²) in [5.74, 6) is 0.996. The van der Waals surface area contributed by atoms with Crippen LogP contribution in [0.5, 0.6) is 0 Å². The first kappa shape index (κ1) is 14.5. The summed E-state index contributed by atoms with van der Waals surface area (Å²) in [4.78, 5) is 12.8. The Kier molecular flexibility index (Phi) is 6.56. The summed E-state index contributed by atoms with van der Waals surface area (Å²) in [6.07, 6.45) is 7.64. The summed E-state index contributed by atoms with van der Waals surface area (Å²) < 4.78 is 0. The highest BCUT2D eigenvalue weighted by atomic mass is 16.4. The van der Waals surface area contributed by atoms with Crippen LogP contribution in [0.1, 0.15) is 52.4 Å². The lowest BCUT2D eigenvalue weighted by Gasteiger charge is -2.29.